The van der Waals surface area contributed by atoms with Crippen molar-refractivity contribution in [2.24, 2.45) is 5.92 Å². The molecule has 4 aliphatic rings. The first-order chi connectivity index (χ1) is 25.5. The van der Waals surface area contributed by atoms with Crippen molar-refractivity contribution < 1.29 is 32.3 Å². The zero-order chi connectivity index (χ0) is 36.9. The second kappa shape index (κ2) is 13.9. The Morgan fingerprint density at radius 3 is 2.47 bits per heavy atom. The van der Waals surface area contributed by atoms with E-state index in [0.717, 1.165) is 58.6 Å². The molecule has 4 aromatic rings. The molecule has 3 fully saturated rings. The number of imide groups is 2. The number of fused-ring (bicyclic) bond motifs is 2. The summed E-state index contributed by atoms with van der Waals surface area (Å²) in [5, 5.41) is 10.2. The highest BCUT2D eigenvalue weighted by Gasteiger charge is 2.44. The highest BCUT2D eigenvalue weighted by molar-refractivity contribution is 6.23. The van der Waals surface area contributed by atoms with Gasteiger partial charge >= 0.3 is 6.18 Å². The normalized spacial score (nSPS) is 22.3. The van der Waals surface area contributed by atoms with Crippen LogP contribution in [-0.2, 0) is 9.59 Å². The van der Waals surface area contributed by atoms with Crippen molar-refractivity contribution in [2.75, 3.05) is 49.5 Å². The van der Waals surface area contributed by atoms with Crippen molar-refractivity contribution in [3.05, 3.63) is 66.1 Å². The first-order valence-corrected chi connectivity index (χ1v) is 17.9. The van der Waals surface area contributed by atoms with Gasteiger partial charge in [-0.05, 0) is 74.4 Å². The molecule has 0 spiro atoms. The van der Waals surface area contributed by atoms with E-state index >= 15 is 0 Å². The average Bonchev–Trinajstić information content (AvgIpc) is 3.69. The van der Waals surface area contributed by atoms with E-state index < -0.39 is 42.4 Å². The monoisotopic (exact) mass is 729 g/mol. The maximum absolute atomic E-state index is 13.1. The number of carbonyl (C=O) groups excluding carboxylic acids is 4. The first kappa shape index (κ1) is 34.7. The number of piperidine rings is 1. The molecule has 16 heteroatoms. The van der Waals surface area contributed by atoms with Gasteiger partial charge in [-0.2, -0.15) is 18.3 Å². The molecule has 1 aliphatic carbocycles. The lowest BCUT2D eigenvalue weighted by Gasteiger charge is -2.36. The number of halogens is 3. The van der Waals surface area contributed by atoms with Crippen LogP contribution in [0.3, 0.4) is 0 Å². The predicted octanol–water partition coefficient (Wildman–Crippen LogP) is 4.42. The number of hydrogen-bond acceptors (Lipinski definition) is 10. The Morgan fingerprint density at radius 1 is 0.906 bits per heavy atom. The number of carbonyl (C=O) groups is 4. The quantitative estimate of drug-likeness (QED) is 0.178. The third kappa shape index (κ3) is 7.19. The van der Waals surface area contributed by atoms with Crippen LogP contribution in [0.5, 0.6) is 0 Å². The Bertz CT molecular complexity index is 2090. The SMILES string of the molecule is O=C1CCC(N2C(=O)c3ccc(NCCC[C@H]4C[C@H](n5cc(-c6cnc7ccc(N8CCN(CC(F)(F)F)CC8)cc7n6)cn5)C4)cc3C2=O)C(=O)N1. The summed E-state index contributed by atoms with van der Waals surface area (Å²) in [4.78, 5) is 63.8. The number of piperazine rings is 1. The van der Waals surface area contributed by atoms with Gasteiger partial charge < -0.3 is 10.2 Å². The lowest BCUT2D eigenvalue weighted by molar-refractivity contribution is -0.146. The zero-order valence-corrected chi connectivity index (χ0v) is 28.8. The minimum absolute atomic E-state index is 0.0768. The molecule has 1 atom stereocenters. The highest BCUT2D eigenvalue weighted by Crippen LogP contribution is 2.40. The smallest absolute Gasteiger partial charge is 0.385 e. The largest absolute Gasteiger partial charge is 0.401 e. The molecule has 13 nitrogen and oxygen atoms in total. The van der Waals surface area contributed by atoms with Crippen LogP contribution in [0.4, 0.5) is 24.5 Å². The van der Waals surface area contributed by atoms with Gasteiger partial charge in [0.25, 0.3) is 11.8 Å². The summed E-state index contributed by atoms with van der Waals surface area (Å²) in [7, 11) is 0. The summed E-state index contributed by atoms with van der Waals surface area (Å²) in [6.07, 6.45) is 5.51. The van der Waals surface area contributed by atoms with Crippen LogP contribution in [0, 0.1) is 5.92 Å². The van der Waals surface area contributed by atoms with Crippen molar-refractivity contribution in [1.29, 1.82) is 0 Å². The number of anilines is 2. The van der Waals surface area contributed by atoms with Gasteiger partial charge in [0.15, 0.2) is 0 Å². The number of benzene rings is 2. The van der Waals surface area contributed by atoms with Crippen molar-refractivity contribution in [3.63, 3.8) is 0 Å². The molecule has 2 N–H and O–H groups in total. The van der Waals surface area contributed by atoms with Crippen molar-refractivity contribution in [2.45, 2.75) is 56.8 Å². The second-order valence-corrected chi connectivity index (χ2v) is 14.3. The number of hydrogen-bond donors (Lipinski definition) is 2. The fourth-order valence-corrected chi connectivity index (χ4v) is 7.78. The van der Waals surface area contributed by atoms with Gasteiger partial charge in [0.2, 0.25) is 11.8 Å². The van der Waals surface area contributed by atoms with Crippen LogP contribution in [-0.4, -0.2) is 105 Å². The lowest BCUT2D eigenvalue weighted by Crippen LogP contribution is -2.54. The molecule has 1 unspecified atom stereocenters. The Morgan fingerprint density at radius 2 is 1.70 bits per heavy atom. The molecule has 2 aromatic carbocycles. The van der Waals surface area contributed by atoms with E-state index in [1.54, 1.807) is 30.6 Å². The third-order valence-corrected chi connectivity index (χ3v) is 10.7. The zero-order valence-electron chi connectivity index (χ0n) is 28.8. The maximum atomic E-state index is 13.1. The first-order valence-electron chi connectivity index (χ1n) is 17.9. The minimum Gasteiger partial charge on any atom is -0.385 e. The number of rotatable bonds is 10. The maximum Gasteiger partial charge on any atom is 0.401 e. The molecule has 0 bridgehead atoms. The van der Waals surface area contributed by atoms with Crippen LogP contribution in [0.2, 0.25) is 0 Å². The summed E-state index contributed by atoms with van der Waals surface area (Å²) >= 11 is 0. The van der Waals surface area contributed by atoms with Crippen molar-refractivity contribution >= 4 is 46.0 Å². The molecule has 8 rings (SSSR count). The van der Waals surface area contributed by atoms with Gasteiger partial charge in [-0.25, -0.2) is 4.98 Å². The Kier molecular flexibility index (Phi) is 9.08. The Labute approximate surface area is 302 Å². The van der Waals surface area contributed by atoms with Crippen LogP contribution in [0.1, 0.15) is 65.3 Å². The Hall–Kier alpha value is -5.38. The minimum atomic E-state index is -4.19. The standard InChI is InChI=1S/C37H38F3N9O4/c38-37(39,40)21-46-10-12-47(13-11-46)25-4-6-29-30(17-25)44-31(19-42-29)23-18-43-48(20-23)26-14-22(15-26)2-1-9-41-24-3-5-27-28(16-24)36(53)49(35(27)52)32-7-8-33(50)45-34(32)51/h3-6,16-20,22,26,32,41H,1-2,7-15,21H2,(H,45,50,51)/t22-,26-,32?. The van der Waals surface area contributed by atoms with Gasteiger partial charge in [0, 0.05) is 62.3 Å². The molecule has 2 saturated heterocycles. The molecule has 0 radical (unpaired) electrons. The molecule has 1 saturated carbocycles. The molecular weight excluding hydrogens is 691 g/mol. The van der Waals surface area contributed by atoms with E-state index in [2.05, 4.69) is 25.6 Å². The molecular formula is C37H38F3N9O4. The van der Waals surface area contributed by atoms with Gasteiger partial charge in [-0.15, -0.1) is 0 Å². The number of alkyl halides is 3. The second-order valence-electron chi connectivity index (χ2n) is 14.3. The van der Waals surface area contributed by atoms with E-state index in [-0.39, 0.29) is 24.0 Å². The third-order valence-electron chi connectivity index (χ3n) is 10.7. The molecule has 276 valence electrons. The fourth-order valence-electron chi connectivity index (χ4n) is 7.78. The summed E-state index contributed by atoms with van der Waals surface area (Å²) < 4.78 is 40.4. The molecule has 5 heterocycles. The predicted molar refractivity (Wildman–Crippen MR) is 188 cm³/mol. The van der Waals surface area contributed by atoms with Crippen molar-refractivity contribution in [3.8, 4) is 11.3 Å². The number of nitrogens with zero attached hydrogens (tertiary/aromatic N) is 7. The van der Waals surface area contributed by atoms with E-state index in [9.17, 15) is 32.3 Å². The average molecular weight is 730 g/mol. The summed E-state index contributed by atoms with van der Waals surface area (Å²) in [5.41, 5.74) is 5.19. The van der Waals surface area contributed by atoms with E-state index in [1.165, 1.54) is 4.90 Å². The van der Waals surface area contributed by atoms with Gasteiger partial charge in [0.05, 0.1) is 52.8 Å². The van der Waals surface area contributed by atoms with Gasteiger partial charge in [0.1, 0.15) is 6.04 Å². The molecule has 3 aliphatic heterocycles. The molecule has 2 aromatic heterocycles. The number of amides is 4. The Balaban J connectivity index is 0.806. The summed E-state index contributed by atoms with van der Waals surface area (Å²) in [6, 6.07) is 10.1. The van der Waals surface area contributed by atoms with Gasteiger partial charge in [-0.1, -0.05) is 0 Å². The summed E-state index contributed by atoms with van der Waals surface area (Å²) in [5.74, 6) is -1.52. The van der Waals surface area contributed by atoms with E-state index in [0.29, 0.717) is 50.4 Å². The van der Waals surface area contributed by atoms with Crippen LogP contribution >= 0.6 is 0 Å². The fraction of sp³-hybridized carbons (Fsp3) is 0.432. The van der Waals surface area contributed by atoms with Gasteiger partial charge in [-0.3, -0.25) is 44.0 Å². The number of nitrogens with one attached hydrogen (secondary N) is 2. The molecule has 4 amide bonds. The van der Waals surface area contributed by atoms with Crippen LogP contribution < -0.4 is 15.5 Å². The van der Waals surface area contributed by atoms with Crippen molar-refractivity contribution in [1.82, 2.24) is 34.9 Å². The van der Waals surface area contributed by atoms with E-state index in [1.807, 2.05) is 29.1 Å². The van der Waals surface area contributed by atoms with Crippen LogP contribution in [0.15, 0.2) is 55.0 Å². The van der Waals surface area contributed by atoms with E-state index in [4.69, 9.17) is 4.98 Å². The molecule has 53 heavy (non-hydrogen) atoms. The lowest BCUT2D eigenvalue weighted by atomic mass is 9.77. The summed E-state index contributed by atoms with van der Waals surface area (Å²) in [6.45, 7) is 1.52. The topological polar surface area (TPSA) is 146 Å². The highest BCUT2D eigenvalue weighted by atomic mass is 19.4. The van der Waals surface area contributed by atoms with Crippen LogP contribution in [0.25, 0.3) is 22.3 Å². The number of aromatic nitrogens is 4.